The molecule has 132 valence electrons. The van der Waals surface area contributed by atoms with Gasteiger partial charge in [0, 0.05) is 19.2 Å². The van der Waals surface area contributed by atoms with E-state index in [2.05, 4.69) is 15.1 Å². The normalized spacial score (nSPS) is 24.0. The highest BCUT2D eigenvalue weighted by atomic mass is 35.5. The van der Waals surface area contributed by atoms with Crippen molar-refractivity contribution in [1.29, 1.82) is 0 Å². The second kappa shape index (κ2) is 6.27. The highest BCUT2D eigenvalue weighted by Crippen LogP contribution is 2.34. The molecule has 24 heavy (non-hydrogen) atoms. The Kier molecular flexibility index (Phi) is 4.46. The van der Waals surface area contributed by atoms with Crippen LogP contribution in [0.5, 0.6) is 0 Å². The van der Waals surface area contributed by atoms with Crippen molar-refractivity contribution in [3.63, 3.8) is 0 Å². The van der Waals surface area contributed by atoms with Crippen LogP contribution in [0.4, 0.5) is 16.3 Å². The number of ether oxygens (including phenoxy) is 1. The summed E-state index contributed by atoms with van der Waals surface area (Å²) in [5.41, 5.74) is 6.27. The molecule has 8 heteroatoms. The number of hydrogen-bond acceptors (Lipinski definition) is 6. The van der Waals surface area contributed by atoms with E-state index in [-0.39, 0.29) is 18.2 Å². The van der Waals surface area contributed by atoms with E-state index in [4.69, 9.17) is 22.1 Å². The number of amides is 1. The van der Waals surface area contributed by atoms with E-state index < -0.39 is 5.60 Å². The average molecular weight is 354 g/mol. The number of carbonyl (C=O) groups excluding carboxylic acids is 1. The summed E-state index contributed by atoms with van der Waals surface area (Å²) < 4.78 is 5.60. The summed E-state index contributed by atoms with van der Waals surface area (Å²) in [6.07, 6.45) is 2.81. The van der Waals surface area contributed by atoms with E-state index >= 15 is 0 Å². The standard InChI is InChI=1S/C16H24ClN5O2/c1-16(2,3)24-15(23)22-10-5-4-6-11(22)9-21(8-10)12-7-13(17)19-20-14(12)18/h7,10-11H,4-6,8-9H2,1-3H3,(H2,18,20). The highest BCUT2D eigenvalue weighted by molar-refractivity contribution is 6.29. The quantitative estimate of drug-likeness (QED) is 0.835. The Morgan fingerprint density at radius 3 is 2.50 bits per heavy atom. The average Bonchev–Trinajstić information content (AvgIpc) is 2.46. The van der Waals surface area contributed by atoms with Gasteiger partial charge in [-0.25, -0.2) is 4.79 Å². The number of rotatable bonds is 1. The maximum atomic E-state index is 12.6. The minimum Gasteiger partial charge on any atom is -0.444 e. The van der Waals surface area contributed by atoms with E-state index in [1.807, 2.05) is 25.7 Å². The maximum Gasteiger partial charge on any atom is 0.410 e. The fraction of sp³-hybridized carbons (Fsp3) is 0.688. The Morgan fingerprint density at radius 1 is 1.29 bits per heavy atom. The van der Waals surface area contributed by atoms with Crippen LogP contribution in [0.2, 0.25) is 5.15 Å². The van der Waals surface area contributed by atoms with Gasteiger partial charge in [-0.15, -0.1) is 10.2 Å². The number of fused-ring (bicyclic) bond motifs is 2. The summed E-state index contributed by atoms with van der Waals surface area (Å²) in [6.45, 7) is 7.07. The predicted molar refractivity (Wildman–Crippen MR) is 93.2 cm³/mol. The van der Waals surface area contributed by atoms with Gasteiger partial charge in [-0.05, 0) is 40.0 Å². The molecular formula is C16H24ClN5O2. The number of carbonyl (C=O) groups is 1. The van der Waals surface area contributed by atoms with Gasteiger partial charge in [0.05, 0.1) is 17.8 Å². The van der Waals surface area contributed by atoms with E-state index in [1.54, 1.807) is 6.07 Å². The SMILES string of the molecule is CC(C)(C)OC(=O)N1C2CCCC1CN(c1cc(Cl)nnc1N)C2. The lowest BCUT2D eigenvalue weighted by molar-refractivity contribution is -0.00967. The van der Waals surface area contributed by atoms with Crippen LogP contribution >= 0.6 is 11.6 Å². The molecule has 2 fully saturated rings. The van der Waals surface area contributed by atoms with Crippen molar-refractivity contribution in [1.82, 2.24) is 15.1 Å². The monoisotopic (exact) mass is 353 g/mol. The maximum absolute atomic E-state index is 12.6. The number of nitrogen functional groups attached to an aromatic ring is 1. The van der Waals surface area contributed by atoms with Crippen molar-refractivity contribution < 1.29 is 9.53 Å². The predicted octanol–water partition coefficient (Wildman–Crippen LogP) is 2.69. The first-order valence-electron chi connectivity index (χ1n) is 8.29. The molecule has 2 saturated heterocycles. The number of nitrogens with two attached hydrogens (primary N) is 1. The second-order valence-corrected chi connectivity index (χ2v) is 7.86. The molecule has 2 unspecified atom stereocenters. The minimum atomic E-state index is -0.491. The van der Waals surface area contributed by atoms with Crippen molar-refractivity contribution in [2.75, 3.05) is 23.7 Å². The number of nitrogens with zero attached hydrogens (tertiary/aromatic N) is 4. The highest BCUT2D eigenvalue weighted by Gasteiger charge is 2.42. The molecule has 0 spiro atoms. The summed E-state index contributed by atoms with van der Waals surface area (Å²) >= 11 is 5.97. The molecule has 0 radical (unpaired) electrons. The number of halogens is 1. The Morgan fingerprint density at radius 2 is 1.92 bits per heavy atom. The number of piperidine rings is 1. The van der Waals surface area contributed by atoms with Crippen molar-refractivity contribution in [2.45, 2.75) is 57.7 Å². The number of anilines is 2. The first kappa shape index (κ1) is 17.1. The molecule has 0 aliphatic carbocycles. The summed E-state index contributed by atoms with van der Waals surface area (Å²) in [5.74, 6) is 0.364. The molecule has 1 aromatic heterocycles. The van der Waals surface area contributed by atoms with Gasteiger partial charge in [0.2, 0.25) is 0 Å². The van der Waals surface area contributed by atoms with Crippen LogP contribution in [0.1, 0.15) is 40.0 Å². The zero-order valence-corrected chi connectivity index (χ0v) is 15.1. The zero-order valence-electron chi connectivity index (χ0n) is 14.3. The molecule has 3 heterocycles. The minimum absolute atomic E-state index is 0.110. The largest absolute Gasteiger partial charge is 0.444 e. The van der Waals surface area contributed by atoms with Crippen LogP contribution < -0.4 is 10.6 Å². The molecule has 7 nitrogen and oxygen atoms in total. The molecule has 2 N–H and O–H groups in total. The van der Waals surface area contributed by atoms with E-state index in [9.17, 15) is 4.79 Å². The number of hydrogen-bond donors (Lipinski definition) is 1. The van der Waals surface area contributed by atoms with Gasteiger partial charge in [0.15, 0.2) is 11.0 Å². The third kappa shape index (κ3) is 3.50. The van der Waals surface area contributed by atoms with Gasteiger partial charge in [-0.1, -0.05) is 11.6 Å². The molecular weight excluding hydrogens is 330 g/mol. The van der Waals surface area contributed by atoms with E-state index in [1.165, 1.54) is 0 Å². The molecule has 2 atom stereocenters. The Bertz CT molecular complexity index is 619. The molecule has 2 bridgehead atoms. The summed E-state index contributed by atoms with van der Waals surface area (Å²) in [4.78, 5) is 16.7. The molecule has 3 rings (SSSR count). The first-order valence-corrected chi connectivity index (χ1v) is 8.67. The zero-order chi connectivity index (χ0) is 17.5. The van der Waals surface area contributed by atoms with Gasteiger partial charge >= 0.3 is 6.09 Å². The molecule has 1 amide bonds. The van der Waals surface area contributed by atoms with Gasteiger partial charge in [-0.3, -0.25) is 4.90 Å². The molecule has 0 aromatic carbocycles. The Labute approximate surface area is 147 Å². The van der Waals surface area contributed by atoms with Crippen molar-refractivity contribution in [3.05, 3.63) is 11.2 Å². The lowest BCUT2D eigenvalue weighted by Gasteiger charge is -2.50. The first-order chi connectivity index (χ1) is 11.2. The van der Waals surface area contributed by atoms with Gasteiger partial charge < -0.3 is 15.4 Å². The van der Waals surface area contributed by atoms with Crippen molar-refractivity contribution >= 4 is 29.2 Å². The third-order valence-electron chi connectivity index (χ3n) is 4.44. The van der Waals surface area contributed by atoms with Gasteiger partial charge in [0.25, 0.3) is 0 Å². The number of aromatic nitrogens is 2. The molecule has 1 aromatic rings. The van der Waals surface area contributed by atoms with E-state index in [0.29, 0.717) is 24.1 Å². The van der Waals surface area contributed by atoms with Crippen molar-refractivity contribution in [3.8, 4) is 0 Å². The molecule has 2 aliphatic rings. The van der Waals surface area contributed by atoms with Crippen LogP contribution in [0.25, 0.3) is 0 Å². The molecule has 0 saturated carbocycles. The van der Waals surface area contributed by atoms with Crippen molar-refractivity contribution in [2.24, 2.45) is 0 Å². The lowest BCUT2D eigenvalue weighted by atomic mass is 9.91. The second-order valence-electron chi connectivity index (χ2n) is 7.47. The number of piperazine rings is 1. The van der Waals surface area contributed by atoms with Gasteiger partial charge in [-0.2, -0.15) is 0 Å². The lowest BCUT2D eigenvalue weighted by Crippen LogP contribution is -2.63. The fourth-order valence-corrected chi connectivity index (χ4v) is 3.68. The van der Waals surface area contributed by atoms with Gasteiger partial charge in [0.1, 0.15) is 5.60 Å². The van der Waals surface area contributed by atoms with Crippen LogP contribution in [0.15, 0.2) is 6.07 Å². The topological polar surface area (TPSA) is 84.6 Å². The van der Waals surface area contributed by atoms with Crippen LogP contribution in [0, 0.1) is 0 Å². The van der Waals surface area contributed by atoms with Crippen LogP contribution in [0.3, 0.4) is 0 Å². The third-order valence-corrected chi connectivity index (χ3v) is 4.62. The summed E-state index contributed by atoms with van der Waals surface area (Å²) in [6, 6.07) is 1.96. The summed E-state index contributed by atoms with van der Waals surface area (Å²) in [7, 11) is 0. The Balaban J connectivity index is 1.80. The Hall–Kier alpha value is -1.76. The fourth-order valence-electron chi connectivity index (χ4n) is 3.54. The van der Waals surface area contributed by atoms with Crippen LogP contribution in [-0.4, -0.2) is 52.0 Å². The summed E-state index contributed by atoms with van der Waals surface area (Å²) in [5, 5.41) is 7.99. The molecule has 2 aliphatic heterocycles. The van der Waals surface area contributed by atoms with Crippen LogP contribution in [-0.2, 0) is 4.74 Å². The van der Waals surface area contributed by atoms with E-state index in [0.717, 1.165) is 24.9 Å². The smallest absolute Gasteiger partial charge is 0.410 e.